The second kappa shape index (κ2) is 4.68. The highest BCUT2D eigenvalue weighted by Gasteiger charge is 2.13. The lowest BCUT2D eigenvalue weighted by Crippen LogP contribution is -2.18. The van der Waals surface area contributed by atoms with E-state index in [1.807, 2.05) is 0 Å². The summed E-state index contributed by atoms with van der Waals surface area (Å²) in [6, 6.07) is 0. The first kappa shape index (κ1) is 9.90. The van der Waals surface area contributed by atoms with Crippen molar-refractivity contribution in [1.29, 1.82) is 0 Å². The van der Waals surface area contributed by atoms with Crippen molar-refractivity contribution in [2.24, 2.45) is 0 Å². The molecule has 64 valence electrons. The Bertz CT molecular complexity index is 153. The largest absolute Gasteiger partial charge is 0.481 e. The van der Waals surface area contributed by atoms with Crippen LogP contribution in [-0.2, 0) is 14.3 Å². The van der Waals surface area contributed by atoms with Crippen LogP contribution in [0.25, 0.3) is 0 Å². The van der Waals surface area contributed by atoms with Crippen LogP contribution in [0.1, 0.15) is 12.8 Å². The van der Waals surface area contributed by atoms with E-state index in [-0.39, 0.29) is 6.42 Å². The van der Waals surface area contributed by atoms with Gasteiger partial charge in [0.25, 0.3) is 0 Å². The first-order valence-electron chi connectivity index (χ1n) is 3.03. The molecular formula is C6H10O5. The molecule has 0 rings (SSSR count). The van der Waals surface area contributed by atoms with Gasteiger partial charge in [-0.3, -0.25) is 9.59 Å². The summed E-state index contributed by atoms with van der Waals surface area (Å²) in [7, 11) is 1.18. The summed E-state index contributed by atoms with van der Waals surface area (Å²) >= 11 is 0. The van der Waals surface area contributed by atoms with Crippen LogP contribution in [0, 0.1) is 0 Å². The Morgan fingerprint density at radius 2 is 2.00 bits per heavy atom. The fourth-order valence-corrected chi connectivity index (χ4v) is 0.549. The van der Waals surface area contributed by atoms with E-state index in [1.54, 1.807) is 0 Å². The summed E-state index contributed by atoms with van der Waals surface area (Å²) in [6.07, 6.45) is -1.86. The van der Waals surface area contributed by atoms with Gasteiger partial charge in [-0.15, -0.1) is 0 Å². The number of hydrogen-bond acceptors (Lipinski definition) is 4. The molecule has 0 saturated heterocycles. The fourth-order valence-electron chi connectivity index (χ4n) is 0.549. The van der Waals surface area contributed by atoms with Gasteiger partial charge in [0.2, 0.25) is 0 Å². The predicted octanol–water partition coefficient (Wildman–Crippen LogP) is -0.615. The van der Waals surface area contributed by atoms with Gasteiger partial charge < -0.3 is 14.9 Å². The van der Waals surface area contributed by atoms with Gasteiger partial charge in [-0.2, -0.15) is 0 Å². The van der Waals surface area contributed by atoms with Crippen molar-refractivity contribution in [1.82, 2.24) is 0 Å². The number of rotatable bonds is 4. The molecule has 0 bridgehead atoms. The van der Waals surface area contributed by atoms with Crippen LogP contribution < -0.4 is 0 Å². The minimum Gasteiger partial charge on any atom is -0.481 e. The Kier molecular flexibility index (Phi) is 4.21. The van der Waals surface area contributed by atoms with Gasteiger partial charge in [-0.25, -0.2) is 0 Å². The third-order valence-electron chi connectivity index (χ3n) is 1.04. The number of ether oxygens (including phenoxy) is 1. The molecule has 0 aromatic heterocycles. The van der Waals surface area contributed by atoms with Crippen LogP contribution in [0.5, 0.6) is 0 Å². The average Bonchev–Trinajstić information content (AvgIpc) is 1.85. The highest BCUT2D eigenvalue weighted by Crippen LogP contribution is 1.98. The van der Waals surface area contributed by atoms with E-state index in [0.717, 1.165) is 0 Å². The lowest BCUT2D eigenvalue weighted by molar-refractivity contribution is -0.144. The number of aliphatic carboxylic acids is 1. The lowest BCUT2D eigenvalue weighted by Gasteiger charge is -2.04. The summed E-state index contributed by atoms with van der Waals surface area (Å²) in [5.74, 6) is -1.75. The number of carbonyl (C=O) groups is 2. The minimum atomic E-state index is -1.15. The molecular weight excluding hydrogens is 152 g/mol. The second-order valence-electron chi connectivity index (χ2n) is 2.03. The van der Waals surface area contributed by atoms with E-state index in [4.69, 9.17) is 10.2 Å². The molecule has 11 heavy (non-hydrogen) atoms. The van der Waals surface area contributed by atoms with E-state index in [2.05, 4.69) is 4.74 Å². The van der Waals surface area contributed by atoms with Crippen LogP contribution in [0.3, 0.4) is 0 Å². The number of carbonyl (C=O) groups excluding carboxylic acids is 1. The SMILES string of the molecule is COC(=O)C[C@H](O)CC(=O)O. The van der Waals surface area contributed by atoms with E-state index in [0.29, 0.717) is 0 Å². The number of methoxy groups -OCH3 is 1. The zero-order valence-electron chi connectivity index (χ0n) is 6.11. The molecule has 0 amide bonds. The van der Waals surface area contributed by atoms with Gasteiger partial charge in [0, 0.05) is 0 Å². The van der Waals surface area contributed by atoms with Gasteiger partial charge in [-0.1, -0.05) is 0 Å². The second-order valence-corrected chi connectivity index (χ2v) is 2.03. The Morgan fingerprint density at radius 3 is 2.36 bits per heavy atom. The van der Waals surface area contributed by atoms with Crippen LogP contribution in [-0.4, -0.2) is 35.4 Å². The molecule has 0 aliphatic rings. The number of carboxylic acid groups (broad SMARTS) is 1. The molecule has 5 heteroatoms. The molecule has 0 radical (unpaired) electrons. The Morgan fingerprint density at radius 1 is 1.45 bits per heavy atom. The molecule has 2 N–H and O–H groups in total. The van der Waals surface area contributed by atoms with Crippen molar-refractivity contribution < 1.29 is 24.5 Å². The summed E-state index contributed by atoms with van der Waals surface area (Å²) in [5.41, 5.74) is 0. The Hall–Kier alpha value is -1.10. The standard InChI is InChI=1S/C6H10O5/c1-11-6(10)3-4(7)2-5(8)9/h4,7H,2-3H2,1H3,(H,8,9)/t4-/m1/s1. The van der Waals surface area contributed by atoms with Gasteiger partial charge in [-0.05, 0) is 0 Å². The maximum absolute atomic E-state index is 10.4. The first-order valence-corrected chi connectivity index (χ1v) is 3.03. The van der Waals surface area contributed by atoms with Crippen LogP contribution in [0.15, 0.2) is 0 Å². The van der Waals surface area contributed by atoms with Crippen molar-refractivity contribution in [3.8, 4) is 0 Å². The van der Waals surface area contributed by atoms with Crippen molar-refractivity contribution in [2.75, 3.05) is 7.11 Å². The van der Waals surface area contributed by atoms with Crippen molar-refractivity contribution in [2.45, 2.75) is 18.9 Å². The third-order valence-corrected chi connectivity index (χ3v) is 1.04. The van der Waals surface area contributed by atoms with Gasteiger partial charge >= 0.3 is 11.9 Å². The number of aliphatic hydroxyl groups excluding tert-OH is 1. The highest BCUT2D eigenvalue weighted by atomic mass is 16.5. The van der Waals surface area contributed by atoms with Crippen LogP contribution in [0.2, 0.25) is 0 Å². The summed E-state index contributed by atoms with van der Waals surface area (Å²) in [6.45, 7) is 0. The van der Waals surface area contributed by atoms with E-state index < -0.39 is 24.5 Å². The third kappa shape index (κ3) is 5.35. The monoisotopic (exact) mass is 162 g/mol. The molecule has 0 saturated carbocycles. The number of carboxylic acids is 1. The average molecular weight is 162 g/mol. The summed E-state index contributed by atoms with van der Waals surface area (Å²) in [4.78, 5) is 20.4. The van der Waals surface area contributed by atoms with Crippen molar-refractivity contribution >= 4 is 11.9 Å². The number of aliphatic hydroxyl groups is 1. The molecule has 0 aliphatic heterocycles. The Labute approximate surface area is 63.6 Å². The fraction of sp³-hybridized carbons (Fsp3) is 0.667. The smallest absolute Gasteiger partial charge is 0.308 e. The Balaban J connectivity index is 3.60. The maximum Gasteiger partial charge on any atom is 0.308 e. The summed E-state index contributed by atoms with van der Waals surface area (Å²) < 4.78 is 4.21. The predicted molar refractivity (Wildman–Crippen MR) is 34.9 cm³/mol. The lowest BCUT2D eigenvalue weighted by atomic mass is 10.2. The molecule has 5 nitrogen and oxygen atoms in total. The molecule has 0 unspecified atom stereocenters. The molecule has 0 fully saturated rings. The van der Waals surface area contributed by atoms with E-state index in [9.17, 15) is 9.59 Å². The number of esters is 1. The minimum absolute atomic E-state index is 0.275. The molecule has 0 spiro atoms. The zero-order valence-corrected chi connectivity index (χ0v) is 6.11. The van der Waals surface area contributed by atoms with Crippen LogP contribution in [0.4, 0.5) is 0 Å². The van der Waals surface area contributed by atoms with Crippen LogP contribution >= 0.6 is 0 Å². The summed E-state index contributed by atoms with van der Waals surface area (Å²) in [5, 5.41) is 17.0. The quantitative estimate of drug-likeness (QED) is 0.538. The first-order chi connectivity index (χ1) is 5.06. The van der Waals surface area contributed by atoms with E-state index >= 15 is 0 Å². The highest BCUT2D eigenvalue weighted by molar-refractivity contribution is 5.72. The van der Waals surface area contributed by atoms with Gasteiger partial charge in [0.1, 0.15) is 0 Å². The molecule has 0 aromatic rings. The van der Waals surface area contributed by atoms with Crippen molar-refractivity contribution in [3.05, 3.63) is 0 Å². The van der Waals surface area contributed by atoms with E-state index in [1.165, 1.54) is 7.11 Å². The topological polar surface area (TPSA) is 83.8 Å². The number of hydrogen-bond donors (Lipinski definition) is 2. The van der Waals surface area contributed by atoms with Gasteiger partial charge in [0.05, 0.1) is 26.1 Å². The molecule has 0 aromatic carbocycles. The zero-order chi connectivity index (χ0) is 8.85. The normalized spacial score (nSPS) is 12.2. The maximum atomic E-state index is 10.4. The van der Waals surface area contributed by atoms with Crippen molar-refractivity contribution in [3.63, 3.8) is 0 Å². The molecule has 0 aliphatic carbocycles. The molecule has 1 atom stereocenters. The van der Waals surface area contributed by atoms with Gasteiger partial charge in [0.15, 0.2) is 0 Å². The molecule has 0 heterocycles.